The fraction of sp³-hybridized carbons (Fsp3) is 0.278. The van der Waals surface area contributed by atoms with Crippen LogP contribution in [0, 0.1) is 6.92 Å². The second-order valence-electron chi connectivity index (χ2n) is 6.20. The standard InChI is InChI=1S/C18H18N6O/c1-12-3-2-4-14(21-12)9-24-6-5-16-15(10-24)18(25)23-17(22-16)13-7-19-11-20-8-13/h2-4,7-8,11H,5-6,9-10H2,1H3,(H,22,23,25). The van der Waals surface area contributed by atoms with Gasteiger partial charge in [0.2, 0.25) is 0 Å². The Morgan fingerprint density at radius 3 is 2.84 bits per heavy atom. The van der Waals surface area contributed by atoms with Gasteiger partial charge < -0.3 is 4.98 Å². The van der Waals surface area contributed by atoms with Crippen LogP contribution in [0.3, 0.4) is 0 Å². The molecule has 0 saturated heterocycles. The maximum Gasteiger partial charge on any atom is 0.255 e. The zero-order chi connectivity index (χ0) is 17.2. The van der Waals surface area contributed by atoms with Gasteiger partial charge >= 0.3 is 0 Å². The maximum atomic E-state index is 12.5. The van der Waals surface area contributed by atoms with Crippen LogP contribution in [0.5, 0.6) is 0 Å². The molecule has 3 aromatic rings. The average Bonchev–Trinajstić information content (AvgIpc) is 2.63. The van der Waals surface area contributed by atoms with E-state index in [0.717, 1.165) is 42.2 Å². The van der Waals surface area contributed by atoms with Crippen LogP contribution >= 0.6 is 0 Å². The molecule has 0 amide bonds. The highest BCUT2D eigenvalue weighted by molar-refractivity contribution is 5.52. The third kappa shape index (κ3) is 3.32. The second kappa shape index (κ2) is 6.52. The van der Waals surface area contributed by atoms with Crippen LogP contribution in [0.4, 0.5) is 0 Å². The van der Waals surface area contributed by atoms with Crippen LogP contribution < -0.4 is 5.56 Å². The molecule has 0 bridgehead atoms. The van der Waals surface area contributed by atoms with Crippen molar-refractivity contribution in [1.29, 1.82) is 0 Å². The molecule has 4 rings (SSSR count). The van der Waals surface area contributed by atoms with Crippen molar-refractivity contribution in [2.45, 2.75) is 26.4 Å². The predicted octanol–water partition coefficient (Wildman–Crippen LogP) is 1.49. The lowest BCUT2D eigenvalue weighted by Crippen LogP contribution is -2.35. The van der Waals surface area contributed by atoms with Crippen molar-refractivity contribution in [2.75, 3.05) is 6.54 Å². The quantitative estimate of drug-likeness (QED) is 0.781. The number of nitrogens with one attached hydrogen (secondary N) is 1. The van der Waals surface area contributed by atoms with Gasteiger partial charge in [0.25, 0.3) is 5.56 Å². The van der Waals surface area contributed by atoms with Gasteiger partial charge in [0, 0.05) is 44.1 Å². The molecule has 0 aliphatic carbocycles. The van der Waals surface area contributed by atoms with Gasteiger partial charge in [-0.15, -0.1) is 0 Å². The molecule has 0 saturated carbocycles. The Hall–Kier alpha value is -2.93. The van der Waals surface area contributed by atoms with Crippen molar-refractivity contribution in [3.05, 3.63) is 69.9 Å². The van der Waals surface area contributed by atoms with E-state index in [9.17, 15) is 4.79 Å². The summed E-state index contributed by atoms with van der Waals surface area (Å²) in [6, 6.07) is 6.01. The molecule has 7 nitrogen and oxygen atoms in total. The van der Waals surface area contributed by atoms with Gasteiger partial charge in [-0.3, -0.25) is 14.7 Å². The Balaban J connectivity index is 1.58. The zero-order valence-electron chi connectivity index (χ0n) is 13.9. The van der Waals surface area contributed by atoms with E-state index in [1.54, 1.807) is 12.4 Å². The lowest BCUT2D eigenvalue weighted by molar-refractivity contribution is 0.239. The number of pyridine rings is 1. The summed E-state index contributed by atoms with van der Waals surface area (Å²) in [5.74, 6) is 0.526. The van der Waals surface area contributed by atoms with E-state index < -0.39 is 0 Å². The highest BCUT2D eigenvalue weighted by Gasteiger charge is 2.22. The number of H-pyrrole nitrogens is 1. The normalized spacial score (nSPS) is 14.3. The van der Waals surface area contributed by atoms with Gasteiger partial charge in [-0.1, -0.05) is 6.07 Å². The van der Waals surface area contributed by atoms with Crippen molar-refractivity contribution >= 4 is 0 Å². The van der Waals surface area contributed by atoms with E-state index in [-0.39, 0.29) is 5.56 Å². The van der Waals surface area contributed by atoms with Crippen LogP contribution in [-0.2, 0) is 19.5 Å². The first-order valence-electron chi connectivity index (χ1n) is 8.21. The van der Waals surface area contributed by atoms with Gasteiger partial charge in [-0.2, -0.15) is 0 Å². The molecule has 1 aliphatic heterocycles. The number of rotatable bonds is 3. The summed E-state index contributed by atoms with van der Waals surface area (Å²) in [6.45, 7) is 4.15. The van der Waals surface area contributed by atoms with E-state index in [2.05, 4.69) is 29.8 Å². The fourth-order valence-corrected chi connectivity index (χ4v) is 3.09. The molecule has 25 heavy (non-hydrogen) atoms. The third-order valence-electron chi connectivity index (χ3n) is 4.31. The average molecular weight is 334 g/mol. The molecule has 0 radical (unpaired) electrons. The topological polar surface area (TPSA) is 87.7 Å². The zero-order valence-corrected chi connectivity index (χ0v) is 13.9. The van der Waals surface area contributed by atoms with E-state index in [1.165, 1.54) is 6.33 Å². The van der Waals surface area contributed by atoms with E-state index in [4.69, 9.17) is 0 Å². The molecule has 4 heterocycles. The lowest BCUT2D eigenvalue weighted by Gasteiger charge is -2.27. The Labute approximate surface area is 144 Å². The highest BCUT2D eigenvalue weighted by atomic mass is 16.1. The smallest absolute Gasteiger partial charge is 0.255 e. The molecule has 1 N–H and O–H groups in total. The summed E-state index contributed by atoms with van der Waals surface area (Å²) in [5, 5.41) is 0. The van der Waals surface area contributed by atoms with Crippen LogP contribution in [0.25, 0.3) is 11.4 Å². The van der Waals surface area contributed by atoms with E-state index in [1.807, 2.05) is 25.1 Å². The minimum Gasteiger partial charge on any atom is -0.306 e. The van der Waals surface area contributed by atoms with Crippen molar-refractivity contribution < 1.29 is 0 Å². The number of fused-ring (bicyclic) bond motifs is 1. The summed E-state index contributed by atoms with van der Waals surface area (Å²) in [6.07, 6.45) is 5.50. The first-order valence-corrected chi connectivity index (χ1v) is 8.21. The largest absolute Gasteiger partial charge is 0.306 e. The predicted molar refractivity (Wildman–Crippen MR) is 92.7 cm³/mol. The molecule has 0 atom stereocenters. The van der Waals surface area contributed by atoms with Crippen LogP contribution in [-0.4, -0.2) is 36.4 Å². The summed E-state index contributed by atoms with van der Waals surface area (Å²) in [7, 11) is 0. The number of hydrogen-bond acceptors (Lipinski definition) is 6. The Morgan fingerprint density at radius 2 is 2.04 bits per heavy atom. The summed E-state index contributed by atoms with van der Waals surface area (Å²) in [4.78, 5) is 34.7. The van der Waals surface area contributed by atoms with Gasteiger partial charge in [-0.05, 0) is 19.1 Å². The molecule has 0 spiro atoms. The molecule has 0 aromatic carbocycles. The number of aryl methyl sites for hydroxylation is 1. The van der Waals surface area contributed by atoms with Gasteiger partial charge in [0.05, 0.1) is 22.5 Å². The van der Waals surface area contributed by atoms with Crippen LogP contribution in [0.15, 0.2) is 41.7 Å². The molecule has 3 aromatic heterocycles. The lowest BCUT2D eigenvalue weighted by atomic mass is 10.1. The molecular formula is C18H18N6O. The first kappa shape index (κ1) is 15.6. The summed E-state index contributed by atoms with van der Waals surface area (Å²) >= 11 is 0. The van der Waals surface area contributed by atoms with Crippen molar-refractivity contribution in [3.8, 4) is 11.4 Å². The molecule has 0 unspecified atom stereocenters. The number of nitrogens with zero attached hydrogens (tertiary/aromatic N) is 5. The Kier molecular flexibility index (Phi) is 4.07. The maximum absolute atomic E-state index is 12.5. The number of aromatic nitrogens is 5. The molecule has 7 heteroatoms. The molecule has 126 valence electrons. The van der Waals surface area contributed by atoms with Crippen LogP contribution in [0.2, 0.25) is 0 Å². The van der Waals surface area contributed by atoms with E-state index >= 15 is 0 Å². The summed E-state index contributed by atoms with van der Waals surface area (Å²) < 4.78 is 0. The Bertz CT molecular complexity index is 953. The van der Waals surface area contributed by atoms with Crippen molar-refractivity contribution in [3.63, 3.8) is 0 Å². The fourth-order valence-electron chi connectivity index (χ4n) is 3.09. The molecule has 1 aliphatic rings. The second-order valence-corrected chi connectivity index (χ2v) is 6.20. The van der Waals surface area contributed by atoms with Gasteiger partial charge in [-0.25, -0.2) is 15.0 Å². The summed E-state index contributed by atoms with van der Waals surface area (Å²) in [5.41, 5.74) is 4.24. The SMILES string of the molecule is Cc1cccc(CN2CCc3nc(-c4cncnc4)[nH]c(=O)c3C2)n1. The van der Waals surface area contributed by atoms with Crippen LogP contribution in [0.1, 0.15) is 22.6 Å². The van der Waals surface area contributed by atoms with Crippen molar-refractivity contribution in [2.24, 2.45) is 0 Å². The van der Waals surface area contributed by atoms with Crippen molar-refractivity contribution in [1.82, 2.24) is 29.8 Å². The number of aromatic amines is 1. The van der Waals surface area contributed by atoms with E-state index in [0.29, 0.717) is 17.9 Å². The third-order valence-corrected chi connectivity index (χ3v) is 4.31. The highest BCUT2D eigenvalue weighted by Crippen LogP contribution is 2.18. The first-order chi connectivity index (χ1) is 12.2. The molecular weight excluding hydrogens is 316 g/mol. The minimum atomic E-state index is -0.0919. The molecule has 0 fully saturated rings. The van der Waals surface area contributed by atoms with Gasteiger partial charge in [0.1, 0.15) is 12.2 Å². The van der Waals surface area contributed by atoms with Gasteiger partial charge in [0.15, 0.2) is 0 Å². The Morgan fingerprint density at radius 1 is 1.20 bits per heavy atom. The minimum absolute atomic E-state index is 0.0919. The monoisotopic (exact) mass is 334 g/mol. The number of hydrogen-bond donors (Lipinski definition) is 1.